The molecule has 3 aromatic heterocycles. The zero-order chi connectivity index (χ0) is 31.7. The Hall–Kier alpha value is -6.06. The maximum atomic E-state index is 6.23. The summed E-state index contributed by atoms with van der Waals surface area (Å²) < 4.78 is 11.2. The SMILES string of the molecule is CC1(C)c2ccccc2-c2ccc(-n3c4ccccc4c4c3ccc3c5ccccc5n(-c5ccc6oc7ccccc7c6c5)c34)cc21. The number of hydrogen-bond acceptors (Lipinski definition) is 1. The molecule has 0 saturated heterocycles. The minimum Gasteiger partial charge on any atom is -0.456 e. The van der Waals surface area contributed by atoms with Gasteiger partial charge >= 0.3 is 0 Å². The lowest BCUT2D eigenvalue weighted by atomic mass is 9.82. The van der Waals surface area contributed by atoms with Gasteiger partial charge in [-0.3, -0.25) is 0 Å². The van der Waals surface area contributed by atoms with Gasteiger partial charge in [0.1, 0.15) is 11.2 Å². The molecule has 7 aromatic carbocycles. The second-order valence-electron chi connectivity index (χ2n) is 13.7. The fraction of sp³-hybridized carbons (Fsp3) is 0.0667. The van der Waals surface area contributed by atoms with Crippen LogP contribution < -0.4 is 0 Å². The van der Waals surface area contributed by atoms with Crippen LogP contribution in [0, 0.1) is 0 Å². The predicted molar refractivity (Wildman–Crippen MR) is 200 cm³/mol. The summed E-state index contributed by atoms with van der Waals surface area (Å²) in [5.74, 6) is 0. The zero-order valence-electron chi connectivity index (χ0n) is 26.7. The molecule has 0 atom stereocenters. The van der Waals surface area contributed by atoms with Crippen LogP contribution in [0.2, 0.25) is 0 Å². The normalized spacial score (nSPS) is 13.8. The largest absolute Gasteiger partial charge is 0.456 e. The van der Waals surface area contributed by atoms with E-state index in [0.717, 1.165) is 27.6 Å². The van der Waals surface area contributed by atoms with Crippen molar-refractivity contribution in [3.8, 4) is 22.5 Å². The number of furan rings is 1. The van der Waals surface area contributed by atoms with Crippen LogP contribution in [0.4, 0.5) is 0 Å². The maximum Gasteiger partial charge on any atom is 0.135 e. The third-order valence-corrected chi connectivity index (χ3v) is 10.9. The van der Waals surface area contributed by atoms with Gasteiger partial charge in [-0.15, -0.1) is 0 Å². The quantitative estimate of drug-likeness (QED) is 0.190. The highest BCUT2D eigenvalue weighted by atomic mass is 16.3. The van der Waals surface area contributed by atoms with Crippen LogP contribution in [0.3, 0.4) is 0 Å². The fourth-order valence-corrected chi connectivity index (χ4v) is 8.74. The van der Waals surface area contributed by atoms with Crippen LogP contribution >= 0.6 is 0 Å². The molecule has 1 aliphatic carbocycles. The highest BCUT2D eigenvalue weighted by Gasteiger charge is 2.35. The monoisotopic (exact) mass is 614 g/mol. The summed E-state index contributed by atoms with van der Waals surface area (Å²) in [7, 11) is 0. The molecule has 0 N–H and O–H groups in total. The Morgan fingerprint density at radius 1 is 0.438 bits per heavy atom. The van der Waals surface area contributed by atoms with Crippen LogP contribution in [0.5, 0.6) is 0 Å². The van der Waals surface area contributed by atoms with E-state index in [1.807, 2.05) is 12.1 Å². The molecule has 11 rings (SSSR count). The van der Waals surface area contributed by atoms with Crippen LogP contribution in [0.15, 0.2) is 150 Å². The molecule has 48 heavy (non-hydrogen) atoms. The van der Waals surface area contributed by atoms with E-state index in [1.165, 1.54) is 71.6 Å². The summed E-state index contributed by atoms with van der Waals surface area (Å²) in [5, 5.41) is 7.28. The smallest absolute Gasteiger partial charge is 0.135 e. The lowest BCUT2D eigenvalue weighted by molar-refractivity contribution is 0.660. The number of hydrogen-bond donors (Lipinski definition) is 0. The molecule has 0 spiro atoms. The number of para-hydroxylation sites is 3. The fourth-order valence-electron chi connectivity index (χ4n) is 8.74. The van der Waals surface area contributed by atoms with Crippen molar-refractivity contribution in [2.45, 2.75) is 19.3 Å². The average Bonchev–Trinajstić information content (AvgIpc) is 3.83. The molecule has 1 aliphatic rings. The molecule has 226 valence electrons. The van der Waals surface area contributed by atoms with Crippen LogP contribution in [-0.2, 0) is 5.41 Å². The zero-order valence-corrected chi connectivity index (χ0v) is 26.7. The number of rotatable bonds is 2. The molecule has 10 aromatic rings. The highest BCUT2D eigenvalue weighted by molar-refractivity contribution is 6.26. The van der Waals surface area contributed by atoms with Gasteiger partial charge in [0.2, 0.25) is 0 Å². The Bertz CT molecular complexity index is 2980. The molecule has 3 heterocycles. The van der Waals surface area contributed by atoms with Crippen LogP contribution in [-0.4, -0.2) is 9.13 Å². The predicted octanol–water partition coefficient (Wildman–Crippen LogP) is 12.1. The van der Waals surface area contributed by atoms with Crippen molar-refractivity contribution in [2.24, 2.45) is 0 Å². The molecule has 0 saturated carbocycles. The van der Waals surface area contributed by atoms with Gasteiger partial charge in [-0.05, 0) is 76.9 Å². The number of nitrogens with zero attached hydrogens (tertiary/aromatic N) is 2. The van der Waals surface area contributed by atoms with Crippen molar-refractivity contribution in [1.82, 2.24) is 9.13 Å². The van der Waals surface area contributed by atoms with Gasteiger partial charge < -0.3 is 13.6 Å². The highest BCUT2D eigenvalue weighted by Crippen LogP contribution is 2.50. The lowest BCUT2D eigenvalue weighted by Gasteiger charge is -2.22. The molecule has 0 unspecified atom stereocenters. The number of fused-ring (bicyclic) bond motifs is 13. The van der Waals surface area contributed by atoms with E-state index >= 15 is 0 Å². The second-order valence-corrected chi connectivity index (χ2v) is 13.7. The summed E-state index contributed by atoms with van der Waals surface area (Å²) >= 11 is 0. The van der Waals surface area contributed by atoms with Gasteiger partial charge in [0.15, 0.2) is 0 Å². The van der Waals surface area contributed by atoms with E-state index in [2.05, 4.69) is 156 Å². The minimum absolute atomic E-state index is 0.0731. The third-order valence-electron chi connectivity index (χ3n) is 10.9. The summed E-state index contributed by atoms with van der Waals surface area (Å²) in [5.41, 5.74) is 14.4. The van der Waals surface area contributed by atoms with Crippen molar-refractivity contribution in [2.75, 3.05) is 0 Å². The van der Waals surface area contributed by atoms with Gasteiger partial charge in [0.25, 0.3) is 0 Å². The average molecular weight is 615 g/mol. The first-order valence-corrected chi connectivity index (χ1v) is 16.7. The van der Waals surface area contributed by atoms with Crippen LogP contribution in [0.25, 0.3) is 88.1 Å². The Balaban J connectivity index is 1.25. The first kappa shape index (κ1) is 26.1. The first-order chi connectivity index (χ1) is 23.6. The van der Waals surface area contributed by atoms with Crippen molar-refractivity contribution < 1.29 is 4.42 Å². The van der Waals surface area contributed by atoms with Crippen molar-refractivity contribution in [1.29, 1.82) is 0 Å². The molecular formula is C45H30N2O. The van der Waals surface area contributed by atoms with Gasteiger partial charge in [-0.2, -0.15) is 0 Å². The van der Waals surface area contributed by atoms with E-state index in [-0.39, 0.29) is 5.41 Å². The summed E-state index contributed by atoms with van der Waals surface area (Å²) in [6.45, 7) is 4.71. The van der Waals surface area contributed by atoms with E-state index < -0.39 is 0 Å². The Morgan fingerprint density at radius 2 is 1.08 bits per heavy atom. The number of benzene rings is 7. The van der Waals surface area contributed by atoms with E-state index in [9.17, 15) is 0 Å². The molecule has 3 nitrogen and oxygen atoms in total. The lowest BCUT2D eigenvalue weighted by Crippen LogP contribution is -2.15. The third kappa shape index (κ3) is 3.23. The standard InChI is InChI=1S/C45H30N2O/c1-45(2)36-15-7-3-11-29(36)30-21-19-28(26-37(30)45)46-39-17-9-5-14-34(39)43-40(46)23-22-33-31-12-4-8-16-38(31)47(44(33)43)27-20-24-42-35(25-27)32-13-6-10-18-41(32)48-42/h3-26H,1-2H3. The summed E-state index contributed by atoms with van der Waals surface area (Å²) in [4.78, 5) is 0. The molecular weight excluding hydrogens is 585 g/mol. The number of aromatic nitrogens is 2. The molecule has 0 bridgehead atoms. The van der Waals surface area contributed by atoms with Gasteiger partial charge in [0.05, 0.1) is 22.1 Å². The second kappa shape index (κ2) is 9.05. The maximum absolute atomic E-state index is 6.23. The topological polar surface area (TPSA) is 23.0 Å². The molecule has 0 radical (unpaired) electrons. The molecule has 0 amide bonds. The van der Waals surface area contributed by atoms with E-state index in [4.69, 9.17) is 4.42 Å². The van der Waals surface area contributed by atoms with Crippen LogP contribution in [0.1, 0.15) is 25.0 Å². The van der Waals surface area contributed by atoms with E-state index in [0.29, 0.717) is 0 Å². The van der Waals surface area contributed by atoms with Gasteiger partial charge in [-0.25, -0.2) is 0 Å². The summed E-state index contributed by atoms with van der Waals surface area (Å²) in [6, 6.07) is 53.2. The Labute approximate surface area is 276 Å². The van der Waals surface area contributed by atoms with Crippen molar-refractivity contribution in [3.05, 3.63) is 157 Å². The molecule has 0 fully saturated rings. The summed E-state index contributed by atoms with van der Waals surface area (Å²) in [6.07, 6.45) is 0. The van der Waals surface area contributed by atoms with E-state index in [1.54, 1.807) is 0 Å². The molecule has 0 aliphatic heterocycles. The molecule has 3 heteroatoms. The van der Waals surface area contributed by atoms with Gasteiger partial charge in [0, 0.05) is 49.1 Å². The minimum atomic E-state index is -0.0731. The Morgan fingerprint density at radius 3 is 1.96 bits per heavy atom. The Kier molecular flexibility index (Phi) is 4.91. The first-order valence-electron chi connectivity index (χ1n) is 16.7. The van der Waals surface area contributed by atoms with Crippen molar-refractivity contribution in [3.63, 3.8) is 0 Å². The van der Waals surface area contributed by atoms with Gasteiger partial charge in [-0.1, -0.05) is 105 Å². The van der Waals surface area contributed by atoms with Crippen molar-refractivity contribution >= 4 is 65.6 Å².